The van der Waals surface area contributed by atoms with E-state index in [1.165, 1.54) is 44.3 Å². The highest BCUT2D eigenvalue weighted by Crippen LogP contribution is 2.38. The fraction of sp³-hybridized carbons (Fsp3) is 0.421. The van der Waals surface area contributed by atoms with Crippen LogP contribution in [0.5, 0.6) is 11.9 Å². The Kier molecular flexibility index (Phi) is 6.25. The first-order chi connectivity index (χ1) is 14.1. The Balaban J connectivity index is 1.97. The van der Waals surface area contributed by atoms with Gasteiger partial charge in [-0.15, -0.1) is 0 Å². The molecule has 1 aromatic carbocycles. The van der Waals surface area contributed by atoms with Crippen molar-refractivity contribution >= 4 is 27.8 Å². The molecule has 2 heterocycles. The Bertz CT molecular complexity index is 1040. The summed E-state index contributed by atoms with van der Waals surface area (Å²) in [6.45, 7) is 3.63. The number of aliphatic carboxylic acids is 1. The van der Waals surface area contributed by atoms with Gasteiger partial charge in [0.25, 0.3) is 0 Å². The zero-order valence-corrected chi connectivity index (χ0v) is 18.7. The summed E-state index contributed by atoms with van der Waals surface area (Å²) in [6, 6.07) is 5.11. The van der Waals surface area contributed by atoms with Crippen molar-refractivity contribution in [2.24, 2.45) is 0 Å². The van der Waals surface area contributed by atoms with Crippen molar-refractivity contribution in [3.8, 4) is 23.0 Å². The maximum Gasteiger partial charge on any atom is 0.323 e. The highest BCUT2D eigenvalue weighted by Gasteiger charge is 2.48. The second kappa shape index (κ2) is 8.40. The maximum atomic E-state index is 13.2. The van der Waals surface area contributed by atoms with Gasteiger partial charge in [0.15, 0.2) is 0 Å². The lowest BCUT2D eigenvalue weighted by Crippen LogP contribution is -2.58. The van der Waals surface area contributed by atoms with Crippen molar-refractivity contribution in [2.45, 2.75) is 29.5 Å². The number of thioether (sulfide) groups is 1. The highest BCUT2D eigenvalue weighted by atomic mass is 32.2. The number of carboxylic acids is 1. The number of hydrogen-bond acceptors (Lipinski definition) is 8. The summed E-state index contributed by atoms with van der Waals surface area (Å²) in [5.74, 6) is -0.347. The first-order valence-corrected chi connectivity index (χ1v) is 11.5. The van der Waals surface area contributed by atoms with Crippen LogP contribution in [0.4, 0.5) is 0 Å². The fourth-order valence-corrected chi connectivity index (χ4v) is 6.47. The van der Waals surface area contributed by atoms with Crippen LogP contribution in [0.25, 0.3) is 11.1 Å². The lowest BCUT2D eigenvalue weighted by atomic mass is 10.0. The van der Waals surface area contributed by atoms with Gasteiger partial charge in [-0.2, -0.15) is 21.1 Å². The van der Waals surface area contributed by atoms with E-state index in [9.17, 15) is 18.3 Å². The molecule has 162 valence electrons. The normalized spacial score (nSPS) is 19.3. The third-order valence-electron chi connectivity index (χ3n) is 4.85. The number of sulfonamides is 1. The molecule has 0 aliphatic carbocycles. The molecule has 11 heteroatoms. The van der Waals surface area contributed by atoms with E-state index in [4.69, 9.17) is 9.47 Å². The topological polar surface area (TPSA) is 119 Å². The molecule has 1 saturated heterocycles. The number of hydrogen-bond donors (Lipinski definition) is 1. The van der Waals surface area contributed by atoms with E-state index in [1.54, 1.807) is 26.0 Å². The Labute approximate surface area is 179 Å². The number of carboxylic acid groups (broad SMARTS) is 1. The highest BCUT2D eigenvalue weighted by molar-refractivity contribution is 8.00. The molecular weight excluding hydrogens is 430 g/mol. The summed E-state index contributed by atoms with van der Waals surface area (Å²) in [5, 5.41) is 9.69. The van der Waals surface area contributed by atoms with Crippen LogP contribution in [-0.4, -0.2) is 71.1 Å². The van der Waals surface area contributed by atoms with Gasteiger partial charge in [0.2, 0.25) is 15.9 Å². The second-order valence-electron chi connectivity index (χ2n) is 7.11. The molecule has 0 bridgehead atoms. The molecule has 3 rings (SSSR count). The number of ether oxygens (including phenoxy) is 2. The fourth-order valence-electron chi connectivity index (χ4n) is 3.38. The summed E-state index contributed by atoms with van der Waals surface area (Å²) >= 11 is 1.45. The van der Waals surface area contributed by atoms with Gasteiger partial charge in [-0.05, 0) is 31.5 Å². The minimum Gasteiger partial charge on any atom is -0.480 e. The van der Waals surface area contributed by atoms with Crippen molar-refractivity contribution < 1.29 is 27.8 Å². The maximum absolute atomic E-state index is 13.2. The number of methoxy groups -OCH3 is 2. The van der Waals surface area contributed by atoms with Crippen LogP contribution < -0.4 is 9.47 Å². The van der Waals surface area contributed by atoms with E-state index in [2.05, 4.69) is 9.97 Å². The van der Waals surface area contributed by atoms with Crippen LogP contribution in [0.3, 0.4) is 0 Å². The molecule has 2 aromatic rings. The lowest BCUT2D eigenvalue weighted by Gasteiger charge is -2.42. The minimum absolute atomic E-state index is 0.0218. The van der Waals surface area contributed by atoms with Gasteiger partial charge in [0, 0.05) is 23.2 Å². The van der Waals surface area contributed by atoms with Gasteiger partial charge >= 0.3 is 12.0 Å². The predicted molar refractivity (Wildman–Crippen MR) is 112 cm³/mol. The molecule has 30 heavy (non-hydrogen) atoms. The van der Waals surface area contributed by atoms with Crippen molar-refractivity contribution in [1.82, 2.24) is 14.3 Å². The Hall–Kier alpha value is -2.37. The molecule has 0 spiro atoms. The van der Waals surface area contributed by atoms with E-state index in [0.717, 1.165) is 4.31 Å². The standard InChI is InChI=1S/C19H23N3O6S2/c1-19(2)15(17(23)24)22(9-10-29-19)30(25,26)13-7-5-12(6-8-13)14-11-20-18(28-4)21-16(14)27-3/h5-8,11,15H,9-10H2,1-4H3,(H,23,24). The van der Waals surface area contributed by atoms with E-state index >= 15 is 0 Å². The third kappa shape index (κ3) is 4.09. The van der Waals surface area contributed by atoms with E-state index < -0.39 is 26.8 Å². The minimum atomic E-state index is -4.00. The van der Waals surface area contributed by atoms with E-state index in [1.807, 2.05) is 0 Å². The molecule has 0 radical (unpaired) electrons. The van der Waals surface area contributed by atoms with Crippen LogP contribution >= 0.6 is 11.8 Å². The molecule has 1 aromatic heterocycles. The SMILES string of the molecule is COc1ncc(-c2ccc(S(=O)(=O)N3CCSC(C)(C)C3C(=O)O)cc2)c(OC)n1. The Morgan fingerprint density at radius 1 is 1.23 bits per heavy atom. The molecule has 9 nitrogen and oxygen atoms in total. The summed E-state index contributed by atoms with van der Waals surface area (Å²) < 4.78 is 37.1. The van der Waals surface area contributed by atoms with Crippen molar-refractivity contribution in [1.29, 1.82) is 0 Å². The van der Waals surface area contributed by atoms with E-state index in [0.29, 0.717) is 22.8 Å². The molecular formula is C19H23N3O6S2. The summed E-state index contributed by atoms with van der Waals surface area (Å²) in [4.78, 5) is 20.1. The summed E-state index contributed by atoms with van der Waals surface area (Å²) in [7, 11) is -1.09. The number of benzene rings is 1. The van der Waals surface area contributed by atoms with Crippen LogP contribution in [-0.2, 0) is 14.8 Å². The lowest BCUT2D eigenvalue weighted by molar-refractivity contribution is -0.142. The largest absolute Gasteiger partial charge is 0.480 e. The quantitative estimate of drug-likeness (QED) is 0.701. The Morgan fingerprint density at radius 2 is 1.90 bits per heavy atom. The molecule has 0 saturated carbocycles. The van der Waals surface area contributed by atoms with Crippen LogP contribution in [0.2, 0.25) is 0 Å². The van der Waals surface area contributed by atoms with Gasteiger partial charge in [0.1, 0.15) is 6.04 Å². The molecule has 1 aliphatic rings. The number of rotatable bonds is 6. The van der Waals surface area contributed by atoms with Gasteiger partial charge in [-0.1, -0.05) is 12.1 Å². The average Bonchev–Trinajstić information content (AvgIpc) is 2.72. The zero-order valence-electron chi connectivity index (χ0n) is 17.0. The van der Waals surface area contributed by atoms with Gasteiger partial charge in [-0.3, -0.25) is 4.79 Å². The number of carbonyl (C=O) groups is 1. The summed E-state index contributed by atoms with van der Waals surface area (Å²) in [6.07, 6.45) is 1.53. The monoisotopic (exact) mass is 453 g/mol. The van der Waals surface area contributed by atoms with Crippen LogP contribution in [0.1, 0.15) is 13.8 Å². The molecule has 1 aliphatic heterocycles. The van der Waals surface area contributed by atoms with Gasteiger partial charge in [-0.25, -0.2) is 13.4 Å². The number of aromatic nitrogens is 2. The van der Waals surface area contributed by atoms with Crippen LogP contribution in [0, 0.1) is 0 Å². The van der Waals surface area contributed by atoms with E-state index in [-0.39, 0.29) is 17.5 Å². The first-order valence-electron chi connectivity index (χ1n) is 9.06. The Morgan fingerprint density at radius 3 is 2.47 bits per heavy atom. The molecule has 1 fully saturated rings. The van der Waals surface area contributed by atoms with Crippen LogP contribution in [0.15, 0.2) is 35.4 Å². The third-order valence-corrected chi connectivity index (χ3v) is 8.08. The smallest absolute Gasteiger partial charge is 0.323 e. The van der Waals surface area contributed by atoms with Crippen molar-refractivity contribution in [3.63, 3.8) is 0 Å². The van der Waals surface area contributed by atoms with Gasteiger partial charge < -0.3 is 14.6 Å². The second-order valence-corrected chi connectivity index (χ2v) is 10.8. The number of nitrogens with zero attached hydrogens (tertiary/aromatic N) is 3. The van der Waals surface area contributed by atoms with Crippen molar-refractivity contribution in [2.75, 3.05) is 26.5 Å². The average molecular weight is 454 g/mol. The zero-order chi connectivity index (χ0) is 22.1. The molecule has 1 N–H and O–H groups in total. The van der Waals surface area contributed by atoms with Gasteiger partial charge in [0.05, 0.1) is 24.7 Å². The molecule has 1 unspecified atom stereocenters. The van der Waals surface area contributed by atoms with Crippen molar-refractivity contribution in [3.05, 3.63) is 30.5 Å². The predicted octanol–water partition coefficient (Wildman–Crippen LogP) is 2.13. The molecule has 1 atom stereocenters. The summed E-state index contributed by atoms with van der Waals surface area (Å²) in [5.41, 5.74) is 1.22. The molecule has 0 amide bonds. The first kappa shape index (κ1) is 22.3.